The average Bonchev–Trinajstić information content (AvgIpc) is 2.43. The van der Waals surface area contributed by atoms with Crippen molar-refractivity contribution in [2.45, 2.75) is 64.2 Å². The van der Waals surface area contributed by atoms with Crippen LogP contribution in [0.5, 0.6) is 5.75 Å². The lowest BCUT2D eigenvalue weighted by molar-refractivity contribution is 0.288. The van der Waals surface area contributed by atoms with Crippen molar-refractivity contribution < 1.29 is 5.11 Å². The molecular formula is C17H26ClNO. The maximum absolute atomic E-state index is 10.8. The SMILES string of the molecule is Cc1c(Cl)cc(C(C)C)c(O)c1C1(CN)CCCCC1. The van der Waals surface area contributed by atoms with Crippen LogP contribution in [-0.4, -0.2) is 11.7 Å². The van der Waals surface area contributed by atoms with E-state index in [0.29, 0.717) is 12.3 Å². The Bertz CT molecular complexity index is 490. The van der Waals surface area contributed by atoms with E-state index in [-0.39, 0.29) is 11.3 Å². The van der Waals surface area contributed by atoms with Crippen LogP contribution in [0.1, 0.15) is 68.6 Å². The fourth-order valence-electron chi connectivity index (χ4n) is 3.63. The Morgan fingerprint density at radius 2 is 1.90 bits per heavy atom. The molecule has 1 aliphatic carbocycles. The Labute approximate surface area is 127 Å². The molecule has 1 saturated carbocycles. The first-order valence-electron chi connectivity index (χ1n) is 7.65. The zero-order valence-corrected chi connectivity index (χ0v) is 13.6. The summed E-state index contributed by atoms with van der Waals surface area (Å²) in [6.07, 6.45) is 5.73. The van der Waals surface area contributed by atoms with Crippen molar-refractivity contribution in [3.8, 4) is 5.75 Å². The average molecular weight is 296 g/mol. The van der Waals surface area contributed by atoms with Gasteiger partial charge < -0.3 is 10.8 Å². The third-order valence-corrected chi connectivity index (χ3v) is 5.27. The summed E-state index contributed by atoms with van der Waals surface area (Å²) in [4.78, 5) is 0. The third kappa shape index (κ3) is 2.56. The summed E-state index contributed by atoms with van der Waals surface area (Å²) >= 11 is 6.42. The second-order valence-electron chi connectivity index (χ2n) is 6.50. The predicted molar refractivity (Wildman–Crippen MR) is 85.8 cm³/mol. The van der Waals surface area contributed by atoms with Crippen LogP contribution in [0.3, 0.4) is 0 Å². The van der Waals surface area contributed by atoms with Crippen molar-refractivity contribution in [1.82, 2.24) is 0 Å². The molecule has 0 aliphatic heterocycles. The molecule has 112 valence electrons. The molecule has 0 amide bonds. The van der Waals surface area contributed by atoms with Gasteiger partial charge in [-0.15, -0.1) is 0 Å². The lowest BCUT2D eigenvalue weighted by Crippen LogP contribution is -2.38. The summed E-state index contributed by atoms with van der Waals surface area (Å²) in [6.45, 7) is 6.76. The van der Waals surface area contributed by atoms with Gasteiger partial charge in [-0.3, -0.25) is 0 Å². The van der Waals surface area contributed by atoms with Gasteiger partial charge in [0.25, 0.3) is 0 Å². The largest absolute Gasteiger partial charge is 0.507 e. The second kappa shape index (κ2) is 5.95. The van der Waals surface area contributed by atoms with E-state index in [1.54, 1.807) is 0 Å². The van der Waals surface area contributed by atoms with E-state index in [2.05, 4.69) is 13.8 Å². The van der Waals surface area contributed by atoms with Gasteiger partial charge in [0.2, 0.25) is 0 Å². The quantitative estimate of drug-likeness (QED) is 0.853. The molecule has 0 unspecified atom stereocenters. The fourth-order valence-corrected chi connectivity index (χ4v) is 3.84. The maximum Gasteiger partial charge on any atom is 0.123 e. The summed E-state index contributed by atoms with van der Waals surface area (Å²) in [7, 11) is 0. The first-order chi connectivity index (χ1) is 9.43. The molecule has 0 heterocycles. The topological polar surface area (TPSA) is 46.2 Å². The van der Waals surface area contributed by atoms with E-state index in [1.165, 1.54) is 19.3 Å². The smallest absolute Gasteiger partial charge is 0.123 e. The highest BCUT2D eigenvalue weighted by atomic mass is 35.5. The minimum absolute atomic E-state index is 0.0963. The minimum atomic E-state index is -0.0963. The maximum atomic E-state index is 10.8. The van der Waals surface area contributed by atoms with Crippen LogP contribution in [0.15, 0.2) is 6.07 Å². The predicted octanol–water partition coefficient (Wildman–Crippen LogP) is 4.64. The molecule has 0 bridgehead atoms. The molecule has 0 atom stereocenters. The first kappa shape index (κ1) is 15.7. The van der Waals surface area contributed by atoms with Crippen molar-refractivity contribution in [2.75, 3.05) is 6.54 Å². The van der Waals surface area contributed by atoms with Gasteiger partial charge in [-0.25, -0.2) is 0 Å². The van der Waals surface area contributed by atoms with Gasteiger partial charge in [0.15, 0.2) is 0 Å². The van der Waals surface area contributed by atoms with Gasteiger partial charge in [0.05, 0.1) is 0 Å². The lowest BCUT2D eigenvalue weighted by Gasteiger charge is -2.39. The summed E-state index contributed by atoms with van der Waals surface area (Å²) in [6, 6.07) is 1.91. The van der Waals surface area contributed by atoms with E-state index in [1.807, 2.05) is 13.0 Å². The molecular weight excluding hydrogens is 270 g/mol. The van der Waals surface area contributed by atoms with Gasteiger partial charge in [-0.1, -0.05) is 44.7 Å². The zero-order valence-electron chi connectivity index (χ0n) is 12.8. The molecule has 1 fully saturated rings. The van der Waals surface area contributed by atoms with Gasteiger partial charge in [0.1, 0.15) is 5.75 Å². The molecule has 1 aromatic rings. The summed E-state index contributed by atoms with van der Waals surface area (Å²) in [5.41, 5.74) is 8.98. The molecule has 0 radical (unpaired) electrons. The van der Waals surface area contributed by atoms with Crippen molar-refractivity contribution in [1.29, 1.82) is 0 Å². The molecule has 0 spiro atoms. The summed E-state index contributed by atoms with van der Waals surface area (Å²) < 4.78 is 0. The molecule has 3 N–H and O–H groups in total. The van der Waals surface area contributed by atoms with Crippen LogP contribution >= 0.6 is 11.6 Å². The van der Waals surface area contributed by atoms with Gasteiger partial charge in [0, 0.05) is 22.5 Å². The Morgan fingerprint density at radius 3 is 2.40 bits per heavy atom. The number of rotatable bonds is 3. The monoisotopic (exact) mass is 295 g/mol. The molecule has 0 saturated heterocycles. The number of hydrogen-bond donors (Lipinski definition) is 2. The Morgan fingerprint density at radius 1 is 1.30 bits per heavy atom. The summed E-state index contributed by atoms with van der Waals surface area (Å²) in [5, 5.41) is 11.5. The number of hydrogen-bond acceptors (Lipinski definition) is 2. The molecule has 3 heteroatoms. The standard InChI is InChI=1S/C17H26ClNO/c1-11(2)13-9-14(18)12(3)15(16(13)20)17(10-19)7-5-4-6-8-17/h9,11,20H,4-8,10,19H2,1-3H3. The van der Waals surface area contributed by atoms with Gasteiger partial charge in [-0.2, -0.15) is 0 Å². The van der Waals surface area contributed by atoms with Crippen LogP contribution in [-0.2, 0) is 5.41 Å². The molecule has 1 aromatic carbocycles. The molecule has 1 aliphatic rings. The highest BCUT2D eigenvalue weighted by Crippen LogP contribution is 2.47. The third-order valence-electron chi connectivity index (χ3n) is 4.88. The Kier molecular flexibility index (Phi) is 4.66. The number of benzene rings is 1. The van der Waals surface area contributed by atoms with Crippen LogP contribution in [0.4, 0.5) is 0 Å². The molecule has 20 heavy (non-hydrogen) atoms. The van der Waals surface area contributed by atoms with Crippen LogP contribution in [0.2, 0.25) is 5.02 Å². The number of phenols is 1. The Balaban J connectivity index is 2.65. The summed E-state index contributed by atoms with van der Waals surface area (Å²) in [5.74, 6) is 0.680. The highest BCUT2D eigenvalue weighted by molar-refractivity contribution is 6.31. The van der Waals surface area contributed by atoms with E-state index in [4.69, 9.17) is 17.3 Å². The number of halogens is 1. The van der Waals surface area contributed by atoms with Crippen molar-refractivity contribution in [3.63, 3.8) is 0 Å². The molecule has 2 rings (SSSR count). The second-order valence-corrected chi connectivity index (χ2v) is 6.90. The van der Waals surface area contributed by atoms with Crippen LogP contribution < -0.4 is 5.73 Å². The van der Waals surface area contributed by atoms with Crippen molar-refractivity contribution in [3.05, 3.63) is 27.8 Å². The van der Waals surface area contributed by atoms with Crippen molar-refractivity contribution in [2.24, 2.45) is 5.73 Å². The van der Waals surface area contributed by atoms with E-state index in [9.17, 15) is 5.11 Å². The highest BCUT2D eigenvalue weighted by Gasteiger charge is 2.37. The van der Waals surface area contributed by atoms with Gasteiger partial charge in [-0.05, 0) is 42.9 Å². The van der Waals surface area contributed by atoms with E-state index in [0.717, 1.165) is 34.6 Å². The number of aromatic hydroxyl groups is 1. The van der Waals surface area contributed by atoms with Gasteiger partial charge >= 0.3 is 0 Å². The number of nitrogens with two attached hydrogens (primary N) is 1. The van der Waals surface area contributed by atoms with Crippen LogP contribution in [0.25, 0.3) is 0 Å². The van der Waals surface area contributed by atoms with Crippen molar-refractivity contribution >= 4 is 11.6 Å². The van der Waals surface area contributed by atoms with Crippen LogP contribution in [0, 0.1) is 6.92 Å². The van der Waals surface area contributed by atoms with E-state index < -0.39 is 0 Å². The minimum Gasteiger partial charge on any atom is -0.507 e. The Hall–Kier alpha value is -0.730. The zero-order chi connectivity index (χ0) is 14.9. The fraction of sp³-hybridized carbons (Fsp3) is 0.647. The lowest BCUT2D eigenvalue weighted by atomic mass is 9.67. The molecule has 0 aromatic heterocycles. The normalized spacial score (nSPS) is 18.5. The van der Waals surface area contributed by atoms with E-state index >= 15 is 0 Å². The molecule has 2 nitrogen and oxygen atoms in total. The number of phenolic OH excluding ortho intramolecular Hbond substituents is 1. The first-order valence-corrected chi connectivity index (χ1v) is 8.03.